The minimum atomic E-state index is -1.76. The van der Waals surface area contributed by atoms with Gasteiger partial charge in [-0.1, -0.05) is 65.0 Å². The predicted molar refractivity (Wildman–Crippen MR) is 320 cm³/mol. The first kappa shape index (κ1) is 67.1. The fourth-order valence-corrected chi connectivity index (χ4v) is 10.4. The Bertz CT molecular complexity index is 3080. The molecular weight excluding hydrogens is 1120 g/mol. The minimum Gasteiger partial charge on any atom is -0.508 e. The van der Waals surface area contributed by atoms with Crippen LogP contribution in [0.5, 0.6) is 5.75 Å². The van der Waals surface area contributed by atoms with Gasteiger partial charge in [0.05, 0.1) is 12.9 Å². The lowest BCUT2D eigenvalue weighted by Crippen LogP contribution is -2.63. The Labute approximate surface area is 504 Å². The molecule has 6 rings (SSSR count). The number of carbonyl (C=O) groups is 10. The second-order valence-electron chi connectivity index (χ2n) is 23.4. The first-order valence-electron chi connectivity index (χ1n) is 29.3. The van der Waals surface area contributed by atoms with Gasteiger partial charge in [0, 0.05) is 74.3 Å². The maximum atomic E-state index is 14.8. The molecule has 0 bridgehead atoms. The van der Waals surface area contributed by atoms with E-state index < -0.39 is 114 Å². The smallest absolute Gasteiger partial charge is 0.245 e. The Morgan fingerprint density at radius 2 is 1.37 bits per heavy atom. The Balaban J connectivity index is 1.23. The number of likely N-dealkylation sites (tertiary alicyclic amines) is 1. The van der Waals surface area contributed by atoms with Gasteiger partial charge in [0.2, 0.25) is 59.1 Å². The summed E-state index contributed by atoms with van der Waals surface area (Å²) in [6.45, 7) is 10.2. The van der Waals surface area contributed by atoms with Crippen molar-refractivity contribution in [3.63, 3.8) is 0 Å². The van der Waals surface area contributed by atoms with Gasteiger partial charge in [-0.25, -0.2) is 4.98 Å². The maximum Gasteiger partial charge on any atom is 0.245 e. The van der Waals surface area contributed by atoms with Crippen molar-refractivity contribution in [2.24, 2.45) is 27.8 Å². The van der Waals surface area contributed by atoms with Crippen LogP contribution in [0, 0.1) is 11.3 Å². The molecule has 28 heteroatoms. The molecule has 2 aromatic carbocycles. The van der Waals surface area contributed by atoms with Crippen molar-refractivity contribution in [3.8, 4) is 5.75 Å². The third kappa shape index (κ3) is 19.5. The number of nitrogens with two attached hydrogens (primary N) is 2. The Hall–Kier alpha value is -9.08. The lowest BCUT2D eigenvalue weighted by molar-refractivity contribution is -0.142. The molecule has 10 amide bonds. The van der Waals surface area contributed by atoms with Crippen LogP contribution in [0.4, 0.5) is 0 Å². The van der Waals surface area contributed by atoms with E-state index in [4.69, 9.17) is 11.5 Å². The van der Waals surface area contributed by atoms with E-state index in [1.807, 2.05) is 19.9 Å². The molecule has 4 aromatic rings. The lowest BCUT2D eigenvalue weighted by atomic mass is 9.85. The van der Waals surface area contributed by atoms with E-state index in [0.717, 1.165) is 5.52 Å². The van der Waals surface area contributed by atoms with Gasteiger partial charge in [-0.05, 0) is 86.1 Å². The number of hydrogen-bond acceptors (Lipinski definition) is 14. The number of likely N-dealkylation sites (N-methyl/N-ethyl adjacent to an activating group) is 1. The Morgan fingerprint density at radius 3 is 1.99 bits per heavy atom. The van der Waals surface area contributed by atoms with Gasteiger partial charge in [0.15, 0.2) is 5.96 Å². The lowest BCUT2D eigenvalue weighted by Gasteiger charge is -2.34. The first-order chi connectivity index (χ1) is 41.3. The number of rotatable bonds is 30. The van der Waals surface area contributed by atoms with Crippen LogP contribution in [0.1, 0.15) is 103 Å². The average molecular weight is 1210 g/mol. The summed E-state index contributed by atoms with van der Waals surface area (Å²) in [7, 11) is 0. The van der Waals surface area contributed by atoms with Crippen LogP contribution in [0.2, 0.25) is 0 Å². The van der Waals surface area contributed by atoms with Gasteiger partial charge in [0.25, 0.3) is 0 Å². The van der Waals surface area contributed by atoms with E-state index in [1.54, 1.807) is 52.1 Å². The molecule has 0 radical (unpaired) electrons. The van der Waals surface area contributed by atoms with Crippen molar-refractivity contribution in [1.29, 1.82) is 0 Å². The summed E-state index contributed by atoms with van der Waals surface area (Å²) >= 11 is 0. The number of fused-ring (bicyclic) bond motifs is 1. The van der Waals surface area contributed by atoms with Crippen molar-refractivity contribution in [2.75, 3.05) is 26.2 Å². The number of phenolic OH excluding ortho intramolecular Hbond substituents is 1. The molecule has 2 aromatic heterocycles. The number of para-hydroxylation sites is 1. The van der Waals surface area contributed by atoms with Crippen LogP contribution in [0.25, 0.3) is 10.9 Å². The number of aromatic hydroxyl groups is 1. The number of H-pyrrole nitrogens is 2. The highest BCUT2D eigenvalue weighted by Crippen LogP contribution is 2.24. The number of nitrogens with zero attached hydrogens (tertiary/aromatic N) is 3. The Morgan fingerprint density at radius 1 is 0.747 bits per heavy atom. The van der Waals surface area contributed by atoms with Crippen LogP contribution >= 0.6 is 0 Å². The van der Waals surface area contributed by atoms with Gasteiger partial charge in [-0.3, -0.25) is 52.9 Å². The number of aliphatic imine (C=N–C) groups is 1. The summed E-state index contributed by atoms with van der Waals surface area (Å²) in [4.78, 5) is 155. The molecule has 9 atom stereocenters. The number of aliphatic hydroxyl groups excluding tert-OH is 1. The van der Waals surface area contributed by atoms with Crippen LogP contribution in [-0.4, -0.2) is 176 Å². The highest BCUT2D eigenvalue weighted by atomic mass is 16.3. The molecule has 2 fully saturated rings. The fraction of sp³-hybridized carbons (Fsp3) is 0.525. The molecule has 0 spiro atoms. The number of benzene rings is 2. The summed E-state index contributed by atoms with van der Waals surface area (Å²) in [5, 5.41) is 45.9. The van der Waals surface area contributed by atoms with Crippen LogP contribution in [0.15, 0.2) is 72.2 Å². The number of hydrogen-bond donors (Lipinski definition) is 15. The molecule has 4 unspecified atom stereocenters. The first-order valence-corrected chi connectivity index (χ1v) is 29.3. The molecule has 0 aliphatic carbocycles. The molecule has 472 valence electrons. The summed E-state index contributed by atoms with van der Waals surface area (Å²) < 4.78 is 0. The summed E-state index contributed by atoms with van der Waals surface area (Å²) in [5.41, 5.74) is 12.2. The minimum absolute atomic E-state index is 0.0821. The van der Waals surface area contributed by atoms with E-state index in [1.165, 1.54) is 41.7 Å². The van der Waals surface area contributed by atoms with Gasteiger partial charge in [-0.15, -0.1) is 0 Å². The highest BCUT2D eigenvalue weighted by molar-refractivity contribution is 5.99. The normalized spacial score (nSPS) is 17.3. The van der Waals surface area contributed by atoms with E-state index in [9.17, 15) is 58.2 Å². The number of aromatic amines is 2. The van der Waals surface area contributed by atoms with Crippen molar-refractivity contribution in [1.82, 2.24) is 67.7 Å². The van der Waals surface area contributed by atoms with E-state index in [0.29, 0.717) is 41.6 Å². The number of imidazole rings is 1. The van der Waals surface area contributed by atoms with E-state index in [2.05, 4.69) is 67.8 Å². The molecule has 2 saturated heterocycles. The number of aromatic nitrogens is 3. The zero-order valence-corrected chi connectivity index (χ0v) is 50.0. The molecule has 2 aliphatic heterocycles. The zero-order chi connectivity index (χ0) is 63.5. The van der Waals surface area contributed by atoms with Crippen molar-refractivity contribution < 1.29 is 58.2 Å². The second kappa shape index (κ2) is 31.4. The van der Waals surface area contributed by atoms with Gasteiger partial charge in [0.1, 0.15) is 60.1 Å². The molecule has 4 heterocycles. The number of phenols is 1. The standard InChI is InChI=1S/C59H84N16O12/c1-7-63-55(85)46-15-11-23-75(46)57(87)40(14-10-22-64-58(60)61)68-50(80)41(24-32(2)3)72-56(86)48(59(4,5)6)74-53(83)42(25-33-16-18-36(77)19-17-33)69-54(84)45(30-76)73-51(81)43(26-34-28-65-38-13-9-8-12-37(34)38)70-52(82)44(27-35-29-62-31-66-35)71-49(79)39-20-21-47(78)67-39/h8-9,12-13,16-19,28-29,31-32,39-46,48,65,76-77H,7,10-11,14-15,20-27,30H2,1-6H3,(H,62,66)(H,63,85)(H,67,78)(H,68,80)(H,69,84)(H,70,82)(H,71,79)(H,72,86)(H,73,81)(H,74,83)(H4,60,61,64)/t39-,40?,41?,42-,43-,44-,45+,46?,48?/m0/s1. The monoisotopic (exact) mass is 1210 g/mol. The molecule has 28 nitrogen and oxygen atoms in total. The maximum absolute atomic E-state index is 14.8. The number of nitrogens with one attached hydrogen (secondary N) is 11. The highest BCUT2D eigenvalue weighted by Gasteiger charge is 2.41. The number of carbonyl (C=O) groups excluding carboxylic acids is 10. The van der Waals surface area contributed by atoms with Gasteiger partial charge < -0.3 is 84.4 Å². The zero-order valence-electron chi connectivity index (χ0n) is 50.0. The third-order valence-corrected chi connectivity index (χ3v) is 15.0. The molecule has 0 saturated carbocycles. The van der Waals surface area contributed by atoms with Crippen LogP contribution in [-0.2, 0) is 67.2 Å². The molecule has 17 N–H and O–H groups in total. The van der Waals surface area contributed by atoms with Crippen molar-refractivity contribution in [2.45, 2.75) is 160 Å². The van der Waals surface area contributed by atoms with E-state index in [-0.39, 0.29) is 93.9 Å². The van der Waals surface area contributed by atoms with Crippen LogP contribution < -0.4 is 59.3 Å². The SMILES string of the molecule is CCNC(=O)C1CCCN1C(=O)C(CCCN=C(N)N)NC(=O)C(CC(C)C)NC(=O)C(NC(=O)[C@H](Cc1ccc(O)cc1)NC(=O)[C@@H](CO)NC(=O)[C@H](Cc1c[nH]c2ccccc12)NC(=O)[C@H](Cc1cnc[nH]1)NC(=O)[C@@H]1CCC(=O)N1)C(C)(C)C. The number of aliphatic hydroxyl groups is 1. The summed E-state index contributed by atoms with van der Waals surface area (Å²) in [5.74, 6) is -7.42. The third-order valence-electron chi connectivity index (χ3n) is 15.0. The quantitative estimate of drug-likeness (QED) is 0.0162. The second-order valence-corrected chi connectivity index (χ2v) is 23.4. The fourth-order valence-electron chi connectivity index (χ4n) is 10.4. The molecule has 2 aliphatic rings. The molecule has 87 heavy (non-hydrogen) atoms. The molecular formula is C59H84N16O12. The number of amides is 10. The van der Waals surface area contributed by atoms with Crippen molar-refractivity contribution >= 4 is 75.9 Å². The largest absolute Gasteiger partial charge is 0.508 e. The summed E-state index contributed by atoms with van der Waals surface area (Å²) in [6.07, 6.45) is 5.71. The van der Waals surface area contributed by atoms with Gasteiger partial charge >= 0.3 is 0 Å². The summed E-state index contributed by atoms with van der Waals surface area (Å²) in [6, 6.07) is 1.42. The Kier molecular flexibility index (Phi) is 24.2. The van der Waals surface area contributed by atoms with E-state index >= 15 is 0 Å². The topological polar surface area (TPSA) is 432 Å². The van der Waals surface area contributed by atoms with Crippen molar-refractivity contribution in [3.05, 3.63) is 84.1 Å². The number of guanidine groups is 1. The van der Waals surface area contributed by atoms with Gasteiger partial charge in [-0.2, -0.15) is 0 Å². The van der Waals surface area contributed by atoms with Crippen LogP contribution in [0.3, 0.4) is 0 Å². The average Bonchev–Trinajstić information content (AvgIpc) is 2.84. The predicted octanol–water partition coefficient (Wildman–Crippen LogP) is -1.44.